The standard InChI is InChI=1S/C13H20Br2N2O/c1-17(2)13(5-3-4-6-13)9-16-8-10-7-11(14)12(15)18-10/h7,16H,3-6,8-9H2,1-2H3. The van der Waals surface area contributed by atoms with Crippen LogP contribution in [0.2, 0.25) is 0 Å². The molecule has 0 atom stereocenters. The summed E-state index contributed by atoms with van der Waals surface area (Å²) in [6, 6.07) is 2.01. The van der Waals surface area contributed by atoms with Crippen molar-refractivity contribution in [3.63, 3.8) is 0 Å². The Morgan fingerprint density at radius 3 is 2.50 bits per heavy atom. The van der Waals surface area contributed by atoms with Crippen LogP contribution in [-0.4, -0.2) is 31.1 Å². The number of nitrogens with one attached hydrogen (secondary N) is 1. The van der Waals surface area contributed by atoms with Crippen molar-refractivity contribution in [1.29, 1.82) is 0 Å². The van der Waals surface area contributed by atoms with Crippen molar-refractivity contribution >= 4 is 31.9 Å². The van der Waals surface area contributed by atoms with Crippen LogP contribution < -0.4 is 5.32 Å². The number of halogens is 2. The summed E-state index contributed by atoms with van der Waals surface area (Å²) < 4.78 is 7.31. The minimum atomic E-state index is 0.334. The fourth-order valence-corrected chi connectivity index (χ4v) is 3.37. The number of nitrogens with zero attached hydrogens (tertiary/aromatic N) is 1. The molecule has 2 rings (SSSR count). The van der Waals surface area contributed by atoms with Gasteiger partial charge in [-0.05, 0) is 64.9 Å². The SMILES string of the molecule is CN(C)C1(CNCc2cc(Br)c(Br)o2)CCCC1. The topological polar surface area (TPSA) is 28.4 Å². The lowest BCUT2D eigenvalue weighted by Crippen LogP contribution is -2.49. The lowest BCUT2D eigenvalue weighted by Gasteiger charge is -2.36. The predicted octanol–water partition coefficient (Wildman–Crippen LogP) is 3.77. The Labute approximate surface area is 126 Å². The Balaban J connectivity index is 1.87. The Kier molecular flexibility index (Phi) is 4.92. The number of furan rings is 1. The molecular weight excluding hydrogens is 360 g/mol. The van der Waals surface area contributed by atoms with Crippen LogP contribution in [0.4, 0.5) is 0 Å². The summed E-state index contributed by atoms with van der Waals surface area (Å²) in [6.07, 6.45) is 5.27. The Morgan fingerprint density at radius 1 is 1.33 bits per heavy atom. The number of hydrogen-bond donors (Lipinski definition) is 1. The molecule has 0 saturated heterocycles. The van der Waals surface area contributed by atoms with E-state index in [9.17, 15) is 0 Å². The zero-order valence-corrected chi connectivity index (χ0v) is 14.1. The van der Waals surface area contributed by atoms with Crippen LogP contribution >= 0.6 is 31.9 Å². The maximum Gasteiger partial charge on any atom is 0.183 e. The second kappa shape index (κ2) is 6.07. The maximum absolute atomic E-state index is 5.57. The van der Waals surface area contributed by atoms with E-state index < -0.39 is 0 Å². The van der Waals surface area contributed by atoms with Gasteiger partial charge in [0.05, 0.1) is 11.0 Å². The van der Waals surface area contributed by atoms with Crippen LogP contribution in [0.3, 0.4) is 0 Å². The minimum Gasteiger partial charge on any atom is -0.452 e. The summed E-state index contributed by atoms with van der Waals surface area (Å²) in [5.74, 6) is 0.959. The molecular formula is C13H20Br2N2O. The average Bonchev–Trinajstić information content (AvgIpc) is 2.89. The molecule has 0 aliphatic heterocycles. The molecule has 0 spiro atoms. The van der Waals surface area contributed by atoms with Crippen LogP contribution in [0, 0.1) is 0 Å². The Hall–Kier alpha value is 0.160. The van der Waals surface area contributed by atoms with Gasteiger partial charge in [0.15, 0.2) is 4.67 Å². The highest BCUT2D eigenvalue weighted by molar-refractivity contribution is 9.13. The number of hydrogen-bond acceptors (Lipinski definition) is 3. The van der Waals surface area contributed by atoms with E-state index in [2.05, 4.69) is 56.2 Å². The monoisotopic (exact) mass is 378 g/mol. The van der Waals surface area contributed by atoms with Crippen LogP contribution in [0.1, 0.15) is 31.4 Å². The average molecular weight is 380 g/mol. The molecule has 102 valence electrons. The van der Waals surface area contributed by atoms with Crippen molar-refractivity contribution in [3.05, 3.63) is 21.0 Å². The van der Waals surface area contributed by atoms with E-state index in [1.807, 2.05) is 6.07 Å². The molecule has 1 heterocycles. The van der Waals surface area contributed by atoms with Crippen LogP contribution in [-0.2, 0) is 6.54 Å². The first kappa shape index (κ1) is 14.6. The highest BCUT2D eigenvalue weighted by Crippen LogP contribution is 2.33. The van der Waals surface area contributed by atoms with Crippen LogP contribution in [0.25, 0.3) is 0 Å². The van der Waals surface area contributed by atoms with Gasteiger partial charge in [-0.2, -0.15) is 0 Å². The quantitative estimate of drug-likeness (QED) is 0.843. The van der Waals surface area contributed by atoms with Crippen LogP contribution in [0.15, 0.2) is 19.6 Å². The van der Waals surface area contributed by atoms with Gasteiger partial charge in [-0.3, -0.25) is 0 Å². The minimum absolute atomic E-state index is 0.334. The molecule has 0 amide bonds. The van der Waals surface area contributed by atoms with Gasteiger partial charge in [-0.1, -0.05) is 12.8 Å². The molecule has 18 heavy (non-hydrogen) atoms. The van der Waals surface area contributed by atoms with Gasteiger partial charge in [-0.15, -0.1) is 0 Å². The molecule has 1 aliphatic carbocycles. The summed E-state index contributed by atoms with van der Waals surface area (Å²) in [5.41, 5.74) is 0.334. The highest BCUT2D eigenvalue weighted by Gasteiger charge is 2.35. The summed E-state index contributed by atoms with van der Waals surface area (Å²) >= 11 is 6.79. The van der Waals surface area contributed by atoms with Crippen molar-refractivity contribution < 1.29 is 4.42 Å². The normalized spacial score (nSPS) is 18.7. The van der Waals surface area contributed by atoms with Gasteiger partial charge in [-0.25, -0.2) is 0 Å². The van der Waals surface area contributed by atoms with E-state index >= 15 is 0 Å². The molecule has 1 fully saturated rings. The first-order valence-corrected chi connectivity index (χ1v) is 7.94. The molecule has 0 radical (unpaired) electrons. The van der Waals surface area contributed by atoms with Crippen molar-refractivity contribution in [1.82, 2.24) is 10.2 Å². The lowest BCUT2D eigenvalue weighted by atomic mass is 9.96. The fraction of sp³-hybridized carbons (Fsp3) is 0.692. The fourth-order valence-electron chi connectivity index (χ4n) is 2.71. The first-order valence-electron chi connectivity index (χ1n) is 6.35. The second-order valence-electron chi connectivity index (χ2n) is 5.26. The molecule has 0 unspecified atom stereocenters. The molecule has 1 aromatic rings. The smallest absolute Gasteiger partial charge is 0.183 e. The summed E-state index contributed by atoms with van der Waals surface area (Å²) in [5, 5.41) is 3.53. The number of likely N-dealkylation sites (N-methyl/N-ethyl adjacent to an activating group) is 1. The summed E-state index contributed by atoms with van der Waals surface area (Å²) in [6.45, 7) is 1.80. The van der Waals surface area contributed by atoms with Gasteiger partial charge < -0.3 is 14.6 Å². The van der Waals surface area contributed by atoms with E-state index in [4.69, 9.17) is 4.42 Å². The molecule has 1 saturated carbocycles. The highest BCUT2D eigenvalue weighted by atomic mass is 79.9. The summed E-state index contributed by atoms with van der Waals surface area (Å²) in [4.78, 5) is 2.38. The zero-order chi connectivity index (χ0) is 13.2. The van der Waals surface area contributed by atoms with E-state index in [0.29, 0.717) is 5.54 Å². The predicted molar refractivity (Wildman–Crippen MR) is 80.7 cm³/mol. The van der Waals surface area contributed by atoms with E-state index in [1.165, 1.54) is 25.7 Å². The molecule has 0 aromatic carbocycles. The summed E-state index contributed by atoms with van der Waals surface area (Å²) in [7, 11) is 4.38. The van der Waals surface area contributed by atoms with Crippen molar-refractivity contribution in [2.75, 3.05) is 20.6 Å². The van der Waals surface area contributed by atoms with Crippen molar-refractivity contribution in [2.45, 2.75) is 37.8 Å². The first-order chi connectivity index (χ1) is 8.53. The van der Waals surface area contributed by atoms with Gasteiger partial charge in [0, 0.05) is 12.1 Å². The van der Waals surface area contributed by atoms with E-state index in [0.717, 1.165) is 28.0 Å². The second-order valence-corrected chi connectivity index (χ2v) is 6.84. The third-order valence-electron chi connectivity index (χ3n) is 3.93. The zero-order valence-electron chi connectivity index (χ0n) is 10.9. The van der Waals surface area contributed by atoms with Gasteiger partial charge in [0.1, 0.15) is 5.76 Å². The molecule has 0 bridgehead atoms. The molecule has 1 aromatic heterocycles. The van der Waals surface area contributed by atoms with Gasteiger partial charge in [0.25, 0.3) is 0 Å². The molecule has 3 nitrogen and oxygen atoms in total. The van der Waals surface area contributed by atoms with E-state index in [-0.39, 0.29) is 0 Å². The third-order valence-corrected chi connectivity index (χ3v) is 5.64. The number of rotatable bonds is 5. The van der Waals surface area contributed by atoms with Gasteiger partial charge >= 0.3 is 0 Å². The Morgan fingerprint density at radius 2 is 2.00 bits per heavy atom. The van der Waals surface area contributed by atoms with Crippen LogP contribution in [0.5, 0.6) is 0 Å². The van der Waals surface area contributed by atoms with Gasteiger partial charge in [0.2, 0.25) is 0 Å². The molecule has 1 aliphatic rings. The largest absolute Gasteiger partial charge is 0.452 e. The molecule has 5 heteroatoms. The van der Waals surface area contributed by atoms with Crippen molar-refractivity contribution in [2.24, 2.45) is 0 Å². The third kappa shape index (κ3) is 3.18. The maximum atomic E-state index is 5.57. The van der Waals surface area contributed by atoms with Crippen molar-refractivity contribution in [3.8, 4) is 0 Å². The Bertz CT molecular complexity index is 378. The molecule has 1 N–H and O–H groups in total. The lowest BCUT2D eigenvalue weighted by molar-refractivity contribution is 0.152. The van der Waals surface area contributed by atoms with E-state index in [1.54, 1.807) is 0 Å².